The first-order valence-electron chi connectivity index (χ1n) is 4.99. The number of nitrogens with one attached hydrogen (secondary N) is 1. The summed E-state index contributed by atoms with van der Waals surface area (Å²) in [5.41, 5.74) is 4.78. The van der Waals surface area contributed by atoms with E-state index >= 15 is 0 Å². The molecule has 0 fully saturated rings. The van der Waals surface area contributed by atoms with Crippen molar-refractivity contribution in [1.29, 1.82) is 0 Å². The zero-order valence-electron chi connectivity index (χ0n) is 9.09. The van der Waals surface area contributed by atoms with Crippen LogP contribution in [0.25, 0.3) is 0 Å². The van der Waals surface area contributed by atoms with Crippen LogP contribution in [0, 0.1) is 12.7 Å². The molecular formula is C11H17FN2S. The summed E-state index contributed by atoms with van der Waals surface area (Å²) >= 11 is 1.81. The summed E-state index contributed by atoms with van der Waals surface area (Å²) in [6, 6.07) is 4.90. The molecule has 1 rings (SSSR count). The average molecular weight is 228 g/mol. The van der Waals surface area contributed by atoms with E-state index in [1.807, 2.05) is 18.7 Å². The van der Waals surface area contributed by atoms with Crippen molar-refractivity contribution < 1.29 is 4.39 Å². The number of aryl methyl sites for hydroxylation is 1. The Morgan fingerprint density at radius 3 is 2.80 bits per heavy atom. The smallest absolute Gasteiger partial charge is 0.123 e. The van der Waals surface area contributed by atoms with Crippen LogP contribution in [0.1, 0.15) is 24.1 Å². The van der Waals surface area contributed by atoms with E-state index in [1.54, 1.807) is 6.07 Å². The van der Waals surface area contributed by atoms with Crippen LogP contribution >= 0.6 is 11.8 Å². The molecule has 0 radical (unpaired) electrons. The van der Waals surface area contributed by atoms with Gasteiger partial charge in [0.2, 0.25) is 0 Å². The van der Waals surface area contributed by atoms with Gasteiger partial charge < -0.3 is 0 Å². The fourth-order valence-corrected chi connectivity index (χ4v) is 2.24. The van der Waals surface area contributed by atoms with E-state index < -0.39 is 0 Å². The summed E-state index contributed by atoms with van der Waals surface area (Å²) in [5.74, 6) is 7.25. The van der Waals surface area contributed by atoms with Gasteiger partial charge in [-0.2, -0.15) is 11.8 Å². The largest absolute Gasteiger partial charge is 0.271 e. The Morgan fingerprint density at radius 2 is 2.27 bits per heavy atom. The van der Waals surface area contributed by atoms with Crippen molar-refractivity contribution in [3.05, 3.63) is 35.1 Å². The van der Waals surface area contributed by atoms with Crippen molar-refractivity contribution in [1.82, 2.24) is 5.43 Å². The summed E-state index contributed by atoms with van der Waals surface area (Å²) in [6.45, 7) is 4.01. The van der Waals surface area contributed by atoms with Gasteiger partial charge in [-0.3, -0.25) is 11.3 Å². The topological polar surface area (TPSA) is 38.0 Å². The van der Waals surface area contributed by atoms with Gasteiger partial charge in [-0.15, -0.1) is 0 Å². The van der Waals surface area contributed by atoms with Gasteiger partial charge >= 0.3 is 0 Å². The van der Waals surface area contributed by atoms with Crippen molar-refractivity contribution in [3.8, 4) is 0 Å². The minimum Gasteiger partial charge on any atom is -0.271 e. The second-order valence-electron chi connectivity index (χ2n) is 3.38. The Hall–Kier alpha value is -0.580. The monoisotopic (exact) mass is 228 g/mol. The SMILES string of the molecule is CCSCC(NN)c1ccc(F)cc1C. The molecule has 3 N–H and O–H groups in total. The molecule has 0 aliphatic heterocycles. The maximum absolute atomic E-state index is 12.9. The van der Waals surface area contributed by atoms with Crippen LogP contribution < -0.4 is 11.3 Å². The lowest BCUT2D eigenvalue weighted by Crippen LogP contribution is -2.30. The fraction of sp³-hybridized carbons (Fsp3) is 0.455. The van der Waals surface area contributed by atoms with Gasteiger partial charge in [0.05, 0.1) is 6.04 Å². The number of benzene rings is 1. The first-order chi connectivity index (χ1) is 7.19. The zero-order valence-corrected chi connectivity index (χ0v) is 9.90. The van der Waals surface area contributed by atoms with Crippen molar-refractivity contribution >= 4 is 11.8 Å². The highest BCUT2D eigenvalue weighted by atomic mass is 32.2. The minimum absolute atomic E-state index is 0.0931. The van der Waals surface area contributed by atoms with Gasteiger partial charge in [-0.1, -0.05) is 13.0 Å². The number of halogens is 1. The van der Waals surface area contributed by atoms with Gasteiger partial charge in [0.25, 0.3) is 0 Å². The quantitative estimate of drug-likeness (QED) is 0.600. The third-order valence-electron chi connectivity index (χ3n) is 2.30. The first kappa shape index (κ1) is 12.5. The molecule has 1 atom stereocenters. The lowest BCUT2D eigenvalue weighted by Gasteiger charge is -2.17. The van der Waals surface area contributed by atoms with Crippen LogP contribution in [0.5, 0.6) is 0 Å². The van der Waals surface area contributed by atoms with Crippen LogP contribution in [0.2, 0.25) is 0 Å². The van der Waals surface area contributed by atoms with E-state index in [2.05, 4.69) is 12.3 Å². The highest BCUT2D eigenvalue weighted by molar-refractivity contribution is 7.99. The summed E-state index contributed by atoms with van der Waals surface area (Å²) in [7, 11) is 0. The summed E-state index contributed by atoms with van der Waals surface area (Å²) in [5, 5.41) is 0. The normalized spacial score (nSPS) is 12.8. The first-order valence-corrected chi connectivity index (χ1v) is 6.14. The highest BCUT2D eigenvalue weighted by Gasteiger charge is 2.12. The molecule has 1 unspecified atom stereocenters. The molecule has 1 aromatic carbocycles. The lowest BCUT2D eigenvalue weighted by molar-refractivity contribution is 0.597. The fourth-order valence-electron chi connectivity index (χ4n) is 1.49. The Kier molecular flexibility index (Phi) is 5.08. The molecule has 15 heavy (non-hydrogen) atoms. The molecule has 0 saturated carbocycles. The van der Waals surface area contributed by atoms with E-state index in [-0.39, 0.29) is 11.9 Å². The maximum atomic E-state index is 12.9. The van der Waals surface area contributed by atoms with Gasteiger partial charge in [0.15, 0.2) is 0 Å². The number of hydrogen-bond donors (Lipinski definition) is 2. The molecule has 0 amide bonds. The van der Waals surface area contributed by atoms with Crippen LogP contribution in [0.3, 0.4) is 0 Å². The lowest BCUT2D eigenvalue weighted by atomic mass is 10.0. The van der Waals surface area contributed by atoms with E-state index in [9.17, 15) is 4.39 Å². The molecular weight excluding hydrogens is 211 g/mol. The number of rotatable bonds is 5. The number of hydrazine groups is 1. The zero-order chi connectivity index (χ0) is 11.3. The summed E-state index contributed by atoms with van der Waals surface area (Å²) in [4.78, 5) is 0. The van der Waals surface area contributed by atoms with Crippen LogP contribution in [-0.4, -0.2) is 11.5 Å². The van der Waals surface area contributed by atoms with Crippen molar-refractivity contribution in [2.45, 2.75) is 19.9 Å². The molecule has 0 saturated heterocycles. The third kappa shape index (κ3) is 3.48. The number of nitrogens with two attached hydrogens (primary N) is 1. The van der Waals surface area contributed by atoms with Gasteiger partial charge in [-0.25, -0.2) is 4.39 Å². The maximum Gasteiger partial charge on any atom is 0.123 e. The van der Waals surface area contributed by atoms with E-state index in [0.717, 1.165) is 22.6 Å². The van der Waals surface area contributed by atoms with Crippen LogP contribution in [-0.2, 0) is 0 Å². The third-order valence-corrected chi connectivity index (χ3v) is 3.27. The van der Waals surface area contributed by atoms with Crippen molar-refractivity contribution in [3.63, 3.8) is 0 Å². The van der Waals surface area contributed by atoms with E-state index in [1.165, 1.54) is 12.1 Å². The standard InChI is InChI=1S/C11H17FN2S/c1-3-15-7-11(14-13)10-5-4-9(12)6-8(10)2/h4-6,11,14H,3,7,13H2,1-2H3. The molecule has 0 aromatic heterocycles. The summed E-state index contributed by atoms with van der Waals surface area (Å²) in [6.07, 6.45) is 0. The average Bonchev–Trinajstić information content (AvgIpc) is 2.21. The molecule has 0 spiro atoms. The Bertz CT molecular complexity index is 317. The van der Waals surface area contributed by atoms with Crippen LogP contribution in [0.15, 0.2) is 18.2 Å². The predicted molar refractivity (Wildman–Crippen MR) is 64.2 cm³/mol. The van der Waals surface area contributed by atoms with Crippen molar-refractivity contribution in [2.24, 2.45) is 5.84 Å². The number of thioether (sulfide) groups is 1. The molecule has 4 heteroatoms. The summed E-state index contributed by atoms with van der Waals surface area (Å²) < 4.78 is 12.9. The van der Waals surface area contributed by atoms with Gasteiger partial charge in [0.1, 0.15) is 5.82 Å². The second kappa shape index (κ2) is 6.10. The Balaban J connectivity index is 2.81. The molecule has 0 aliphatic rings. The predicted octanol–water partition coefficient (Wildman–Crippen LogP) is 2.39. The number of hydrogen-bond acceptors (Lipinski definition) is 3. The molecule has 84 valence electrons. The van der Waals surface area contributed by atoms with Gasteiger partial charge in [-0.05, 0) is 35.9 Å². The molecule has 2 nitrogen and oxygen atoms in total. The van der Waals surface area contributed by atoms with Crippen LogP contribution in [0.4, 0.5) is 4.39 Å². The molecule has 0 bridgehead atoms. The molecule has 1 aromatic rings. The van der Waals surface area contributed by atoms with Gasteiger partial charge in [0, 0.05) is 5.75 Å². The van der Waals surface area contributed by atoms with E-state index in [0.29, 0.717) is 0 Å². The minimum atomic E-state index is -0.199. The molecule has 0 heterocycles. The molecule has 0 aliphatic carbocycles. The highest BCUT2D eigenvalue weighted by Crippen LogP contribution is 2.21. The van der Waals surface area contributed by atoms with Crippen molar-refractivity contribution in [2.75, 3.05) is 11.5 Å². The van der Waals surface area contributed by atoms with E-state index in [4.69, 9.17) is 5.84 Å². The Morgan fingerprint density at radius 1 is 1.53 bits per heavy atom. The second-order valence-corrected chi connectivity index (χ2v) is 4.70. The Labute approximate surface area is 94.4 Å².